The van der Waals surface area contributed by atoms with Gasteiger partial charge in [0, 0.05) is 23.0 Å². The van der Waals surface area contributed by atoms with Crippen LogP contribution in [0.1, 0.15) is 42.7 Å². The molecule has 158 valence electrons. The van der Waals surface area contributed by atoms with Crippen LogP contribution in [0, 0.1) is 6.92 Å². The number of fused-ring (bicyclic) bond motifs is 3. The largest absolute Gasteiger partial charge is 0.437 e. The maximum absolute atomic E-state index is 6.33. The Balaban J connectivity index is 1.56. The van der Waals surface area contributed by atoms with Crippen LogP contribution in [0.3, 0.4) is 0 Å². The van der Waals surface area contributed by atoms with Gasteiger partial charge in [-0.25, -0.2) is 9.55 Å². The highest BCUT2D eigenvalue weighted by atomic mass is 16.3. The molecule has 5 aromatic rings. The Labute approximate surface area is 188 Å². The van der Waals surface area contributed by atoms with E-state index in [0.717, 1.165) is 27.8 Å². The molecular weight excluding hydrogens is 392 g/mol. The lowest BCUT2D eigenvalue weighted by molar-refractivity contribution is -0.659. The Hall–Kier alpha value is -3.46. The Kier molecular flexibility index (Phi) is 4.57. The number of aromatic nitrogens is 2. The van der Waals surface area contributed by atoms with Crippen molar-refractivity contribution in [1.82, 2.24) is 4.98 Å². The number of furan rings is 1. The van der Waals surface area contributed by atoms with Crippen molar-refractivity contribution in [2.24, 2.45) is 7.05 Å². The fourth-order valence-corrected chi connectivity index (χ4v) is 5.42. The third-order valence-electron chi connectivity index (χ3n) is 7.09. The summed E-state index contributed by atoms with van der Waals surface area (Å²) in [6, 6.07) is 22.0. The van der Waals surface area contributed by atoms with Gasteiger partial charge in [0.1, 0.15) is 7.05 Å². The van der Waals surface area contributed by atoms with Crippen molar-refractivity contribution < 1.29 is 8.98 Å². The van der Waals surface area contributed by atoms with Crippen LogP contribution in [0.4, 0.5) is 0 Å². The van der Waals surface area contributed by atoms with Gasteiger partial charge in [-0.15, -0.1) is 0 Å². The summed E-state index contributed by atoms with van der Waals surface area (Å²) in [7, 11) is 2.12. The molecule has 0 bridgehead atoms. The molecule has 0 spiro atoms. The summed E-state index contributed by atoms with van der Waals surface area (Å²) in [6.45, 7) is 2.16. The van der Waals surface area contributed by atoms with Crippen molar-refractivity contribution in [3.8, 4) is 22.4 Å². The monoisotopic (exact) mass is 419 g/mol. The standard InChI is InChI=1S/C29H27N2O/c1-19-11-16-24-25-9-5-17-30-29(25)32-28(24)26(19)27-23(10-6-18-31(27)2)22-14-12-21(13-15-22)20-7-3-4-8-20/h5-6,9-18,20H,3-4,7-8H2,1-2H3/q+1. The fraction of sp³-hybridized carbons (Fsp3) is 0.241. The van der Waals surface area contributed by atoms with E-state index in [9.17, 15) is 0 Å². The lowest BCUT2D eigenvalue weighted by Crippen LogP contribution is -2.31. The Morgan fingerprint density at radius 3 is 2.53 bits per heavy atom. The van der Waals surface area contributed by atoms with Gasteiger partial charge in [-0.05, 0) is 60.6 Å². The summed E-state index contributed by atoms with van der Waals surface area (Å²) in [5, 5.41) is 2.17. The summed E-state index contributed by atoms with van der Waals surface area (Å²) in [4.78, 5) is 4.46. The molecule has 0 saturated heterocycles. The highest BCUT2D eigenvalue weighted by Gasteiger charge is 2.25. The Morgan fingerprint density at radius 2 is 1.72 bits per heavy atom. The first-order valence-corrected chi connectivity index (χ1v) is 11.6. The first-order chi connectivity index (χ1) is 15.7. The maximum Gasteiger partial charge on any atom is 0.227 e. The second-order valence-corrected chi connectivity index (χ2v) is 9.08. The average molecular weight is 420 g/mol. The topological polar surface area (TPSA) is 29.9 Å². The molecule has 2 aromatic carbocycles. The van der Waals surface area contributed by atoms with Gasteiger partial charge in [-0.1, -0.05) is 49.2 Å². The zero-order valence-electron chi connectivity index (χ0n) is 18.6. The first-order valence-electron chi connectivity index (χ1n) is 11.6. The van der Waals surface area contributed by atoms with Crippen molar-refractivity contribution in [2.45, 2.75) is 38.5 Å². The molecule has 3 heterocycles. The second-order valence-electron chi connectivity index (χ2n) is 9.08. The Morgan fingerprint density at radius 1 is 0.906 bits per heavy atom. The molecule has 3 heteroatoms. The van der Waals surface area contributed by atoms with Crippen LogP contribution < -0.4 is 4.57 Å². The number of nitrogens with zero attached hydrogens (tertiary/aromatic N) is 2. The molecule has 0 amide bonds. The number of rotatable bonds is 3. The molecule has 1 aliphatic rings. The minimum Gasteiger partial charge on any atom is -0.437 e. The number of aryl methyl sites for hydroxylation is 2. The first kappa shape index (κ1) is 19.2. The number of hydrogen-bond donors (Lipinski definition) is 0. The van der Waals surface area contributed by atoms with Crippen molar-refractivity contribution in [2.75, 3.05) is 0 Å². The lowest BCUT2D eigenvalue weighted by atomic mass is 9.92. The number of pyridine rings is 2. The van der Waals surface area contributed by atoms with Gasteiger partial charge >= 0.3 is 0 Å². The highest BCUT2D eigenvalue weighted by molar-refractivity contribution is 6.09. The van der Waals surface area contributed by atoms with Crippen LogP contribution in [0.2, 0.25) is 0 Å². The van der Waals surface area contributed by atoms with Crippen LogP contribution in [0.25, 0.3) is 44.5 Å². The van der Waals surface area contributed by atoms with Crippen LogP contribution in [0.5, 0.6) is 0 Å². The van der Waals surface area contributed by atoms with E-state index in [1.807, 2.05) is 6.07 Å². The molecule has 0 radical (unpaired) electrons. The van der Waals surface area contributed by atoms with E-state index >= 15 is 0 Å². The van der Waals surface area contributed by atoms with Crippen molar-refractivity contribution >= 4 is 22.1 Å². The molecule has 1 aliphatic carbocycles. The quantitative estimate of drug-likeness (QED) is 0.292. The zero-order chi connectivity index (χ0) is 21.7. The van der Waals surface area contributed by atoms with E-state index in [0.29, 0.717) is 5.71 Å². The van der Waals surface area contributed by atoms with Crippen molar-refractivity contribution in [3.05, 3.63) is 84.2 Å². The van der Waals surface area contributed by atoms with Crippen LogP contribution >= 0.6 is 0 Å². The summed E-state index contributed by atoms with van der Waals surface area (Å²) < 4.78 is 8.54. The van der Waals surface area contributed by atoms with Crippen molar-refractivity contribution in [1.29, 1.82) is 0 Å². The van der Waals surface area contributed by atoms with Crippen molar-refractivity contribution in [3.63, 3.8) is 0 Å². The Bertz CT molecular complexity index is 1440. The van der Waals surface area contributed by atoms with E-state index in [1.165, 1.54) is 53.6 Å². The van der Waals surface area contributed by atoms with Crippen LogP contribution in [0.15, 0.2) is 77.5 Å². The second kappa shape index (κ2) is 7.59. The number of benzene rings is 2. The fourth-order valence-electron chi connectivity index (χ4n) is 5.42. The van der Waals surface area contributed by atoms with E-state index in [-0.39, 0.29) is 0 Å². The summed E-state index contributed by atoms with van der Waals surface area (Å²) in [5.74, 6) is 0.731. The summed E-state index contributed by atoms with van der Waals surface area (Å²) in [6.07, 6.45) is 9.28. The normalized spacial score (nSPS) is 14.6. The summed E-state index contributed by atoms with van der Waals surface area (Å²) in [5.41, 5.74) is 9.04. The van der Waals surface area contributed by atoms with Gasteiger partial charge in [-0.2, -0.15) is 0 Å². The molecule has 1 fully saturated rings. The molecule has 6 rings (SSSR count). The maximum atomic E-state index is 6.33. The third kappa shape index (κ3) is 3.03. The predicted molar refractivity (Wildman–Crippen MR) is 130 cm³/mol. The van der Waals surface area contributed by atoms with Gasteiger partial charge in [0.15, 0.2) is 11.8 Å². The average Bonchev–Trinajstić information content (AvgIpc) is 3.48. The number of hydrogen-bond acceptors (Lipinski definition) is 2. The van der Waals surface area contributed by atoms with Gasteiger partial charge in [0.2, 0.25) is 11.4 Å². The molecule has 0 atom stereocenters. The minimum atomic E-state index is 0.690. The SMILES string of the molecule is Cc1ccc2c(oc3ncccc32)c1-c1c(-c2ccc(C3CCCC3)cc2)ccc[n+]1C. The molecule has 3 aromatic heterocycles. The molecule has 0 unspecified atom stereocenters. The molecule has 1 saturated carbocycles. The van der Waals surface area contributed by atoms with Gasteiger partial charge in [0.05, 0.1) is 11.1 Å². The molecule has 32 heavy (non-hydrogen) atoms. The third-order valence-corrected chi connectivity index (χ3v) is 7.09. The lowest BCUT2D eigenvalue weighted by Gasteiger charge is -2.13. The van der Waals surface area contributed by atoms with E-state index in [2.05, 4.69) is 84.3 Å². The van der Waals surface area contributed by atoms with Crippen LogP contribution in [-0.2, 0) is 7.05 Å². The molecule has 3 nitrogen and oxygen atoms in total. The molecule has 0 aliphatic heterocycles. The molecule has 0 N–H and O–H groups in total. The molecular formula is C29H27N2O+. The summed E-state index contributed by atoms with van der Waals surface area (Å²) >= 11 is 0. The smallest absolute Gasteiger partial charge is 0.227 e. The van der Waals surface area contributed by atoms with E-state index in [4.69, 9.17) is 4.42 Å². The minimum absolute atomic E-state index is 0.690. The van der Waals surface area contributed by atoms with Gasteiger partial charge < -0.3 is 4.42 Å². The van der Waals surface area contributed by atoms with E-state index < -0.39 is 0 Å². The van der Waals surface area contributed by atoms with Gasteiger partial charge in [-0.3, -0.25) is 0 Å². The highest BCUT2D eigenvalue weighted by Crippen LogP contribution is 2.40. The predicted octanol–water partition coefficient (Wildman–Crippen LogP) is 7.11. The zero-order valence-corrected chi connectivity index (χ0v) is 18.6. The van der Waals surface area contributed by atoms with E-state index in [1.54, 1.807) is 6.20 Å². The van der Waals surface area contributed by atoms with Gasteiger partial charge in [0.25, 0.3) is 0 Å². The van der Waals surface area contributed by atoms with Crippen LogP contribution in [-0.4, -0.2) is 4.98 Å².